The molecule has 0 aromatic heterocycles. The zero-order valence-electron chi connectivity index (χ0n) is 11.5. The van der Waals surface area contributed by atoms with Gasteiger partial charge in [-0.05, 0) is 37.5 Å². The second-order valence-electron chi connectivity index (χ2n) is 5.05. The first-order chi connectivity index (χ1) is 9.49. The number of primary amides is 1. The molecule has 0 spiro atoms. The number of amides is 3. The van der Waals surface area contributed by atoms with E-state index in [-0.39, 0.29) is 6.04 Å². The number of hydrogen-bond acceptors (Lipinski definition) is 2. The summed E-state index contributed by atoms with van der Waals surface area (Å²) in [5.74, 6) is 0. The van der Waals surface area contributed by atoms with Gasteiger partial charge in [-0.15, -0.1) is 0 Å². The van der Waals surface area contributed by atoms with Crippen LogP contribution in [0.5, 0.6) is 0 Å². The van der Waals surface area contributed by atoms with Gasteiger partial charge >= 0.3 is 12.1 Å². The summed E-state index contributed by atoms with van der Waals surface area (Å²) in [7, 11) is 0. The monoisotopic (exact) mass is 277 g/mol. The third kappa shape index (κ3) is 3.01. The van der Waals surface area contributed by atoms with E-state index in [1.165, 1.54) is 4.90 Å². The maximum Gasteiger partial charge on any atom is 0.407 e. The number of nitrogens with zero attached hydrogens (tertiary/aromatic N) is 2. The molecule has 0 aliphatic carbocycles. The van der Waals surface area contributed by atoms with Crippen LogP contribution in [-0.4, -0.2) is 41.3 Å². The zero-order chi connectivity index (χ0) is 14.7. The largest absolute Gasteiger partial charge is 0.465 e. The number of anilines is 1. The van der Waals surface area contributed by atoms with Crippen LogP contribution in [0.2, 0.25) is 0 Å². The van der Waals surface area contributed by atoms with Gasteiger partial charge in [0.25, 0.3) is 0 Å². The van der Waals surface area contributed by atoms with Crippen molar-refractivity contribution in [3.8, 4) is 0 Å². The number of nitrogens with two attached hydrogens (primary N) is 1. The van der Waals surface area contributed by atoms with Gasteiger partial charge in [0.2, 0.25) is 0 Å². The highest BCUT2D eigenvalue weighted by molar-refractivity contribution is 5.91. The first kappa shape index (κ1) is 14.2. The summed E-state index contributed by atoms with van der Waals surface area (Å²) < 4.78 is 0. The van der Waals surface area contributed by atoms with E-state index in [0.29, 0.717) is 25.9 Å². The SMILES string of the molecule is Cc1cccc(N(C(N)=O)C2CCN(C(=O)O)CC2)c1. The molecule has 20 heavy (non-hydrogen) atoms. The molecule has 6 heteroatoms. The van der Waals surface area contributed by atoms with Crippen LogP contribution in [0.1, 0.15) is 18.4 Å². The third-order valence-corrected chi connectivity index (χ3v) is 3.62. The second-order valence-corrected chi connectivity index (χ2v) is 5.05. The van der Waals surface area contributed by atoms with Gasteiger partial charge in [-0.2, -0.15) is 0 Å². The number of benzene rings is 1. The normalized spacial score (nSPS) is 15.9. The van der Waals surface area contributed by atoms with E-state index in [1.807, 2.05) is 31.2 Å². The van der Waals surface area contributed by atoms with Crippen LogP contribution in [0.15, 0.2) is 24.3 Å². The Morgan fingerprint density at radius 2 is 2.00 bits per heavy atom. The minimum atomic E-state index is -0.912. The zero-order valence-corrected chi connectivity index (χ0v) is 11.5. The molecule has 0 atom stereocenters. The van der Waals surface area contributed by atoms with E-state index in [2.05, 4.69) is 0 Å². The molecule has 1 aliphatic rings. The molecule has 1 heterocycles. The van der Waals surface area contributed by atoms with Crippen LogP contribution < -0.4 is 10.6 Å². The standard InChI is InChI=1S/C14H19N3O3/c1-10-3-2-4-12(9-10)17(13(15)18)11-5-7-16(8-6-11)14(19)20/h2-4,9,11H,5-8H2,1H3,(H2,15,18)(H,19,20). The van der Waals surface area contributed by atoms with Crippen molar-refractivity contribution < 1.29 is 14.7 Å². The van der Waals surface area contributed by atoms with E-state index in [9.17, 15) is 9.59 Å². The third-order valence-electron chi connectivity index (χ3n) is 3.62. The quantitative estimate of drug-likeness (QED) is 0.867. The highest BCUT2D eigenvalue weighted by Gasteiger charge is 2.29. The van der Waals surface area contributed by atoms with E-state index >= 15 is 0 Å². The van der Waals surface area contributed by atoms with Gasteiger partial charge in [0, 0.05) is 24.8 Å². The van der Waals surface area contributed by atoms with Crippen LogP contribution in [0, 0.1) is 6.92 Å². The summed E-state index contributed by atoms with van der Waals surface area (Å²) in [4.78, 5) is 25.6. The molecule has 1 aromatic rings. The number of hydrogen-bond donors (Lipinski definition) is 2. The molecule has 0 unspecified atom stereocenters. The van der Waals surface area contributed by atoms with Gasteiger partial charge < -0.3 is 15.7 Å². The Balaban J connectivity index is 2.15. The lowest BCUT2D eigenvalue weighted by atomic mass is 10.0. The fourth-order valence-electron chi connectivity index (χ4n) is 2.61. The second kappa shape index (κ2) is 5.81. The van der Waals surface area contributed by atoms with Gasteiger partial charge in [0.05, 0.1) is 0 Å². The van der Waals surface area contributed by atoms with E-state index in [4.69, 9.17) is 10.8 Å². The summed E-state index contributed by atoms with van der Waals surface area (Å²) in [5, 5.41) is 8.95. The van der Waals surface area contributed by atoms with Gasteiger partial charge in [-0.1, -0.05) is 12.1 Å². The number of aryl methyl sites for hydroxylation is 1. The fraction of sp³-hybridized carbons (Fsp3) is 0.429. The summed E-state index contributed by atoms with van der Waals surface area (Å²) in [6.45, 7) is 2.81. The predicted octanol–water partition coefficient (Wildman–Crippen LogP) is 2.02. The van der Waals surface area contributed by atoms with Crippen LogP contribution >= 0.6 is 0 Å². The Hall–Kier alpha value is -2.24. The van der Waals surface area contributed by atoms with Crippen molar-refractivity contribution in [3.05, 3.63) is 29.8 Å². The fourth-order valence-corrected chi connectivity index (χ4v) is 2.61. The first-order valence-corrected chi connectivity index (χ1v) is 6.62. The summed E-state index contributed by atoms with van der Waals surface area (Å²) >= 11 is 0. The molecule has 0 radical (unpaired) electrons. The highest BCUT2D eigenvalue weighted by atomic mass is 16.4. The lowest BCUT2D eigenvalue weighted by molar-refractivity contribution is 0.132. The number of carbonyl (C=O) groups excluding carboxylic acids is 1. The van der Waals surface area contributed by atoms with E-state index in [1.54, 1.807) is 4.90 Å². The van der Waals surface area contributed by atoms with Crippen molar-refractivity contribution in [1.29, 1.82) is 0 Å². The molecule has 1 aromatic carbocycles. The van der Waals surface area contributed by atoms with Crippen molar-refractivity contribution in [3.63, 3.8) is 0 Å². The molecule has 1 fully saturated rings. The number of carbonyl (C=O) groups is 2. The van der Waals surface area contributed by atoms with Gasteiger partial charge in [0.15, 0.2) is 0 Å². The molecule has 3 N–H and O–H groups in total. The molecule has 1 saturated heterocycles. The Bertz CT molecular complexity index is 510. The van der Waals surface area contributed by atoms with Crippen LogP contribution in [-0.2, 0) is 0 Å². The number of piperidine rings is 1. The van der Waals surface area contributed by atoms with Gasteiger partial charge in [-0.25, -0.2) is 9.59 Å². The number of rotatable bonds is 2. The molecule has 2 rings (SSSR count). The van der Waals surface area contributed by atoms with Crippen LogP contribution in [0.3, 0.4) is 0 Å². The summed E-state index contributed by atoms with van der Waals surface area (Å²) in [5.41, 5.74) is 7.32. The molecule has 0 saturated carbocycles. The summed E-state index contributed by atoms with van der Waals surface area (Å²) in [6, 6.07) is 7.05. The summed E-state index contributed by atoms with van der Waals surface area (Å²) in [6.07, 6.45) is 0.288. The number of carboxylic acid groups (broad SMARTS) is 1. The topological polar surface area (TPSA) is 86.9 Å². The number of urea groups is 1. The van der Waals surface area contributed by atoms with E-state index in [0.717, 1.165) is 11.3 Å². The lowest BCUT2D eigenvalue weighted by Crippen LogP contribution is -2.50. The van der Waals surface area contributed by atoms with Gasteiger partial charge in [0.1, 0.15) is 0 Å². The molecular formula is C14H19N3O3. The number of likely N-dealkylation sites (tertiary alicyclic amines) is 1. The van der Waals surface area contributed by atoms with E-state index < -0.39 is 12.1 Å². The minimum Gasteiger partial charge on any atom is -0.465 e. The average Bonchev–Trinajstić information content (AvgIpc) is 2.39. The van der Waals surface area contributed by atoms with Crippen molar-refractivity contribution in [2.75, 3.05) is 18.0 Å². The minimum absolute atomic E-state index is 0.0510. The maximum atomic E-state index is 11.7. The first-order valence-electron chi connectivity index (χ1n) is 6.62. The Morgan fingerprint density at radius 3 is 2.50 bits per heavy atom. The maximum absolute atomic E-state index is 11.7. The van der Waals surface area contributed by atoms with Gasteiger partial charge in [-0.3, -0.25) is 4.90 Å². The molecular weight excluding hydrogens is 258 g/mol. The predicted molar refractivity (Wildman–Crippen MR) is 75.9 cm³/mol. The van der Waals surface area contributed by atoms with Crippen molar-refractivity contribution >= 4 is 17.8 Å². The Kier molecular flexibility index (Phi) is 4.12. The molecule has 3 amide bonds. The molecule has 108 valence electrons. The van der Waals surface area contributed by atoms with Crippen molar-refractivity contribution in [2.45, 2.75) is 25.8 Å². The van der Waals surface area contributed by atoms with Crippen molar-refractivity contribution in [1.82, 2.24) is 4.90 Å². The Morgan fingerprint density at radius 1 is 1.35 bits per heavy atom. The highest BCUT2D eigenvalue weighted by Crippen LogP contribution is 2.24. The molecule has 6 nitrogen and oxygen atoms in total. The smallest absolute Gasteiger partial charge is 0.407 e. The van der Waals surface area contributed by atoms with Crippen LogP contribution in [0.4, 0.5) is 15.3 Å². The van der Waals surface area contributed by atoms with Crippen LogP contribution in [0.25, 0.3) is 0 Å². The molecule has 1 aliphatic heterocycles. The Labute approximate surface area is 117 Å². The van der Waals surface area contributed by atoms with Crippen molar-refractivity contribution in [2.24, 2.45) is 5.73 Å². The molecule has 0 bridgehead atoms. The average molecular weight is 277 g/mol. The lowest BCUT2D eigenvalue weighted by Gasteiger charge is -2.36.